The van der Waals surface area contributed by atoms with Crippen molar-refractivity contribution in [3.63, 3.8) is 0 Å². The summed E-state index contributed by atoms with van der Waals surface area (Å²) in [6, 6.07) is 7.69. The molecule has 2 rings (SSSR count). The maximum atomic E-state index is 11.9. The number of nitrogen functional groups attached to an aromatic ring is 1. The van der Waals surface area contributed by atoms with Crippen LogP contribution in [0.1, 0.15) is 26.2 Å². The molecule has 4 nitrogen and oxygen atoms in total. The highest BCUT2D eigenvalue weighted by Crippen LogP contribution is 2.35. The number of sulfonamides is 1. The standard InChI is InChI=1S/C14H22N2O2S2/c1-2-4-11-9-14(11)16-20(17,18)8-7-19-13-6-3-5-12(15)10-13/h3,5-6,10-11,14,16H,2,4,7-9,15H2,1H3. The molecule has 6 heteroatoms. The lowest BCUT2D eigenvalue weighted by molar-refractivity contribution is 0.574. The van der Waals surface area contributed by atoms with E-state index >= 15 is 0 Å². The van der Waals surface area contributed by atoms with E-state index in [1.54, 1.807) is 0 Å². The lowest BCUT2D eigenvalue weighted by Gasteiger charge is -2.06. The monoisotopic (exact) mass is 314 g/mol. The summed E-state index contributed by atoms with van der Waals surface area (Å²) in [7, 11) is -3.15. The zero-order valence-electron chi connectivity index (χ0n) is 11.7. The van der Waals surface area contributed by atoms with Crippen LogP contribution in [0.5, 0.6) is 0 Å². The molecule has 2 atom stereocenters. The fourth-order valence-corrected chi connectivity index (χ4v) is 4.95. The van der Waals surface area contributed by atoms with Crippen LogP contribution in [0.25, 0.3) is 0 Å². The average Bonchev–Trinajstić information content (AvgIpc) is 3.06. The maximum Gasteiger partial charge on any atom is 0.212 e. The van der Waals surface area contributed by atoms with Gasteiger partial charge in [-0.05, 0) is 37.0 Å². The maximum absolute atomic E-state index is 11.9. The molecule has 0 spiro atoms. The van der Waals surface area contributed by atoms with Crippen LogP contribution in [0.15, 0.2) is 29.2 Å². The molecule has 112 valence electrons. The Bertz CT molecular complexity index is 546. The van der Waals surface area contributed by atoms with Gasteiger partial charge in [0.25, 0.3) is 0 Å². The Kier molecular flexibility index (Phi) is 5.35. The first-order valence-corrected chi connectivity index (χ1v) is 9.62. The second-order valence-corrected chi connectivity index (χ2v) is 8.29. The highest BCUT2D eigenvalue weighted by molar-refractivity contribution is 8.00. The van der Waals surface area contributed by atoms with Gasteiger partial charge < -0.3 is 5.73 Å². The predicted molar refractivity (Wildman–Crippen MR) is 85.3 cm³/mol. The topological polar surface area (TPSA) is 72.2 Å². The Labute approximate surface area is 125 Å². The van der Waals surface area contributed by atoms with Gasteiger partial charge in [0.05, 0.1) is 5.75 Å². The van der Waals surface area contributed by atoms with E-state index in [1.807, 2.05) is 24.3 Å². The number of hydrogen-bond acceptors (Lipinski definition) is 4. The third-order valence-electron chi connectivity index (χ3n) is 3.39. The number of hydrogen-bond donors (Lipinski definition) is 2. The minimum atomic E-state index is -3.15. The van der Waals surface area contributed by atoms with E-state index in [0.29, 0.717) is 17.4 Å². The molecule has 2 unspecified atom stereocenters. The van der Waals surface area contributed by atoms with Gasteiger partial charge in [0.15, 0.2) is 0 Å². The van der Waals surface area contributed by atoms with Crippen LogP contribution >= 0.6 is 11.8 Å². The third-order valence-corrected chi connectivity index (χ3v) is 6.05. The predicted octanol–water partition coefficient (Wildman–Crippen LogP) is 2.47. The highest BCUT2D eigenvalue weighted by atomic mass is 32.2. The summed E-state index contributed by atoms with van der Waals surface area (Å²) >= 11 is 1.52. The fourth-order valence-electron chi connectivity index (χ4n) is 2.24. The molecule has 0 aromatic heterocycles. The molecule has 20 heavy (non-hydrogen) atoms. The van der Waals surface area contributed by atoms with Crippen LogP contribution in [0.2, 0.25) is 0 Å². The van der Waals surface area contributed by atoms with Gasteiger partial charge in [-0.25, -0.2) is 13.1 Å². The second-order valence-electron chi connectivity index (χ2n) is 5.25. The lowest BCUT2D eigenvalue weighted by atomic mass is 10.2. The molecule has 0 saturated heterocycles. The van der Waals surface area contributed by atoms with Gasteiger partial charge >= 0.3 is 0 Å². The van der Waals surface area contributed by atoms with E-state index in [1.165, 1.54) is 11.8 Å². The summed E-state index contributed by atoms with van der Waals surface area (Å²) in [6.45, 7) is 2.13. The first-order chi connectivity index (χ1) is 9.50. The Morgan fingerprint density at radius 2 is 2.25 bits per heavy atom. The van der Waals surface area contributed by atoms with Gasteiger partial charge in [-0.3, -0.25) is 0 Å². The molecule has 1 aromatic rings. The molecule has 1 aromatic carbocycles. The quantitative estimate of drug-likeness (QED) is 0.571. The summed E-state index contributed by atoms with van der Waals surface area (Å²) in [5.41, 5.74) is 6.40. The number of nitrogens with two attached hydrogens (primary N) is 1. The van der Waals surface area contributed by atoms with E-state index in [-0.39, 0.29) is 11.8 Å². The van der Waals surface area contributed by atoms with Gasteiger partial charge in [0.1, 0.15) is 0 Å². The first kappa shape index (κ1) is 15.7. The minimum Gasteiger partial charge on any atom is -0.399 e. The van der Waals surface area contributed by atoms with Crippen molar-refractivity contribution in [2.75, 3.05) is 17.2 Å². The van der Waals surface area contributed by atoms with Crippen LogP contribution in [0.3, 0.4) is 0 Å². The summed E-state index contributed by atoms with van der Waals surface area (Å²) < 4.78 is 26.7. The van der Waals surface area contributed by atoms with Crippen molar-refractivity contribution >= 4 is 27.5 Å². The van der Waals surface area contributed by atoms with Gasteiger partial charge in [0.2, 0.25) is 10.0 Å². The Hall–Kier alpha value is -0.720. The summed E-state index contributed by atoms with van der Waals surface area (Å²) in [4.78, 5) is 1.01. The molecule has 1 aliphatic rings. The van der Waals surface area contributed by atoms with Crippen LogP contribution < -0.4 is 10.5 Å². The zero-order chi connectivity index (χ0) is 14.6. The van der Waals surface area contributed by atoms with Crippen LogP contribution in [0, 0.1) is 5.92 Å². The lowest BCUT2D eigenvalue weighted by Crippen LogP contribution is -2.30. The molecule has 1 fully saturated rings. The van der Waals surface area contributed by atoms with Crippen molar-refractivity contribution in [2.45, 2.75) is 37.1 Å². The van der Waals surface area contributed by atoms with E-state index < -0.39 is 10.0 Å². The van der Waals surface area contributed by atoms with Crippen molar-refractivity contribution in [1.29, 1.82) is 0 Å². The molecule has 0 bridgehead atoms. The number of anilines is 1. The van der Waals surface area contributed by atoms with Crippen LogP contribution in [-0.2, 0) is 10.0 Å². The van der Waals surface area contributed by atoms with Gasteiger partial charge in [0, 0.05) is 22.4 Å². The largest absolute Gasteiger partial charge is 0.399 e. The molecular formula is C14H22N2O2S2. The molecule has 0 amide bonds. The number of thioether (sulfide) groups is 1. The van der Waals surface area contributed by atoms with E-state index in [0.717, 1.165) is 24.2 Å². The van der Waals surface area contributed by atoms with Crippen molar-refractivity contribution in [2.24, 2.45) is 5.92 Å². The van der Waals surface area contributed by atoms with Gasteiger partial charge in [-0.1, -0.05) is 19.4 Å². The molecule has 0 aliphatic heterocycles. The van der Waals surface area contributed by atoms with E-state index in [9.17, 15) is 8.42 Å². The fraction of sp³-hybridized carbons (Fsp3) is 0.571. The molecular weight excluding hydrogens is 292 g/mol. The summed E-state index contributed by atoms with van der Waals surface area (Å²) in [6.07, 6.45) is 3.23. The molecule has 1 saturated carbocycles. The number of rotatable bonds is 8. The third kappa shape index (κ3) is 5.00. The molecule has 3 N–H and O–H groups in total. The highest BCUT2D eigenvalue weighted by Gasteiger charge is 2.38. The Balaban J connectivity index is 1.73. The van der Waals surface area contributed by atoms with Crippen molar-refractivity contribution < 1.29 is 8.42 Å². The van der Waals surface area contributed by atoms with Gasteiger partial charge in [-0.15, -0.1) is 11.8 Å². The second kappa shape index (κ2) is 6.83. The van der Waals surface area contributed by atoms with E-state index in [2.05, 4.69) is 11.6 Å². The van der Waals surface area contributed by atoms with E-state index in [4.69, 9.17) is 5.73 Å². The summed E-state index contributed by atoms with van der Waals surface area (Å²) in [5, 5.41) is 0. The normalized spacial score (nSPS) is 21.9. The average molecular weight is 314 g/mol. The van der Waals surface area contributed by atoms with Gasteiger partial charge in [-0.2, -0.15) is 0 Å². The van der Waals surface area contributed by atoms with Crippen LogP contribution in [0.4, 0.5) is 5.69 Å². The zero-order valence-corrected chi connectivity index (χ0v) is 13.3. The smallest absolute Gasteiger partial charge is 0.212 e. The van der Waals surface area contributed by atoms with Crippen LogP contribution in [-0.4, -0.2) is 26.0 Å². The molecule has 0 heterocycles. The Morgan fingerprint density at radius 1 is 1.45 bits per heavy atom. The Morgan fingerprint density at radius 3 is 2.95 bits per heavy atom. The number of nitrogens with one attached hydrogen (secondary N) is 1. The van der Waals surface area contributed by atoms with Crippen molar-refractivity contribution in [3.05, 3.63) is 24.3 Å². The molecule has 1 aliphatic carbocycles. The minimum absolute atomic E-state index is 0.155. The molecule has 0 radical (unpaired) electrons. The summed E-state index contributed by atoms with van der Waals surface area (Å²) in [5.74, 6) is 1.25. The SMILES string of the molecule is CCCC1CC1NS(=O)(=O)CCSc1cccc(N)c1. The van der Waals surface area contributed by atoms with Crippen molar-refractivity contribution in [1.82, 2.24) is 4.72 Å². The van der Waals surface area contributed by atoms with Crippen molar-refractivity contribution in [3.8, 4) is 0 Å². The number of benzene rings is 1. The first-order valence-electron chi connectivity index (χ1n) is 6.98.